The maximum Gasteiger partial charge on any atom is 0.291 e. The van der Waals surface area contributed by atoms with Crippen molar-refractivity contribution in [2.75, 3.05) is 5.32 Å². The van der Waals surface area contributed by atoms with Gasteiger partial charge in [-0.25, -0.2) is 9.97 Å². The first-order valence-electron chi connectivity index (χ1n) is 8.55. The number of amides is 2. The summed E-state index contributed by atoms with van der Waals surface area (Å²) in [5.41, 5.74) is 7.79. The second-order valence-corrected chi connectivity index (χ2v) is 7.92. The molecule has 3 aromatic heterocycles. The van der Waals surface area contributed by atoms with E-state index in [9.17, 15) is 18.4 Å². The van der Waals surface area contributed by atoms with Gasteiger partial charge in [0.25, 0.3) is 11.7 Å². The number of thioether (sulfide) groups is 1. The fourth-order valence-electron chi connectivity index (χ4n) is 2.83. The Kier molecular flexibility index (Phi) is 5.50. The number of carbonyl (C=O) groups is 2. The lowest BCUT2D eigenvalue weighted by Gasteiger charge is -2.08. The first-order valence-corrected chi connectivity index (χ1v) is 10.3. The average Bonchev–Trinajstić information content (AvgIpc) is 3.41. The first-order chi connectivity index (χ1) is 14.4. The van der Waals surface area contributed by atoms with E-state index in [4.69, 9.17) is 5.73 Å². The van der Waals surface area contributed by atoms with Crippen LogP contribution in [-0.2, 0) is 11.3 Å². The van der Waals surface area contributed by atoms with Gasteiger partial charge in [0.1, 0.15) is 12.2 Å². The second kappa shape index (κ2) is 8.24. The number of halogens is 2. The molecule has 0 saturated heterocycles. The maximum atomic E-state index is 12.9. The van der Waals surface area contributed by atoms with E-state index in [2.05, 4.69) is 20.3 Å². The van der Waals surface area contributed by atoms with Crippen LogP contribution in [0.5, 0.6) is 0 Å². The smallest absolute Gasteiger partial charge is 0.291 e. The summed E-state index contributed by atoms with van der Waals surface area (Å²) in [4.78, 5) is 35.0. The number of hydrogen-bond acceptors (Lipinski definition) is 6. The van der Waals surface area contributed by atoms with Crippen molar-refractivity contribution in [3.05, 3.63) is 47.6 Å². The number of fused-ring (bicyclic) bond motifs is 1. The third kappa shape index (κ3) is 4.19. The minimum atomic E-state index is -2.66. The van der Waals surface area contributed by atoms with Crippen LogP contribution in [0.1, 0.15) is 10.5 Å². The highest BCUT2D eigenvalue weighted by atomic mass is 32.2. The average molecular weight is 448 g/mol. The summed E-state index contributed by atoms with van der Waals surface area (Å²) >= 11 is 1.49. The molecule has 4 N–H and O–H groups in total. The molecule has 0 radical (unpaired) electrons. The minimum absolute atomic E-state index is 0.0625. The summed E-state index contributed by atoms with van der Waals surface area (Å²) in [7, 11) is 0. The lowest BCUT2D eigenvalue weighted by Crippen LogP contribution is -2.19. The number of alkyl halides is 2. The van der Waals surface area contributed by atoms with Gasteiger partial charge >= 0.3 is 0 Å². The number of nitrogens with one attached hydrogen (secondary N) is 2. The van der Waals surface area contributed by atoms with Crippen molar-refractivity contribution < 1.29 is 18.4 Å². The van der Waals surface area contributed by atoms with Crippen LogP contribution < -0.4 is 11.1 Å². The number of H-pyrrole nitrogens is 1. The van der Waals surface area contributed by atoms with Crippen molar-refractivity contribution >= 4 is 51.1 Å². The zero-order valence-electron chi connectivity index (χ0n) is 15.1. The first kappa shape index (κ1) is 20.0. The Morgan fingerprint density at radius 1 is 1.30 bits per heavy atom. The zero-order valence-corrected chi connectivity index (χ0v) is 16.8. The third-order valence-electron chi connectivity index (χ3n) is 4.11. The molecular formula is C18H14F2N6O2S2. The molecule has 0 saturated carbocycles. The Morgan fingerprint density at radius 2 is 2.10 bits per heavy atom. The molecule has 4 aromatic rings. The summed E-state index contributed by atoms with van der Waals surface area (Å²) in [6.45, 7) is -0.194. The van der Waals surface area contributed by atoms with Gasteiger partial charge in [0.05, 0.1) is 16.7 Å². The quantitative estimate of drug-likeness (QED) is 0.374. The fraction of sp³-hybridized carbons (Fsp3) is 0.111. The van der Waals surface area contributed by atoms with Crippen LogP contribution in [0.3, 0.4) is 0 Å². The summed E-state index contributed by atoms with van der Waals surface area (Å²) in [5, 5.41) is 4.78. The summed E-state index contributed by atoms with van der Waals surface area (Å²) in [6, 6.07) is 8.48. The van der Waals surface area contributed by atoms with Crippen LogP contribution >= 0.6 is 23.1 Å². The SMILES string of the molecule is NC(=O)c1cc(-c2csc(NC(=O)Cn3c(SC(F)F)nc4ccccc43)n2)c[nH]1. The monoisotopic (exact) mass is 448 g/mol. The number of primary amides is 1. The number of aromatic nitrogens is 4. The Hall–Kier alpha value is -3.25. The van der Waals surface area contributed by atoms with Crippen LogP contribution in [0.4, 0.5) is 13.9 Å². The van der Waals surface area contributed by atoms with Crippen molar-refractivity contribution in [1.82, 2.24) is 19.5 Å². The van der Waals surface area contributed by atoms with Crippen molar-refractivity contribution in [1.29, 1.82) is 0 Å². The number of hydrogen-bond donors (Lipinski definition) is 3. The van der Waals surface area contributed by atoms with Crippen LogP contribution in [0.15, 0.2) is 47.1 Å². The molecule has 0 bridgehead atoms. The van der Waals surface area contributed by atoms with Gasteiger partial charge < -0.3 is 20.6 Å². The standard InChI is InChI=1S/C18H14F2N6O2S2/c19-16(20)30-18-24-10-3-1-2-4-13(10)26(18)7-14(27)25-17-23-12(8-29-17)9-5-11(15(21)28)22-6-9/h1-6,8,16,22H,7H2,(H2,21,28)(H,23,25,27). The number of benzene rings is 1. The van der Waals surface area contributed by atoms with Crippen LogP contribution in [0, 0.1) is 0 Å². The second-order valence-electron chi connectivity index (χ2n) is 6.10. The van der Waals surface area contributed by atoms with Gasteiger partial charge in [-0.3, -0.25) is 9.59 Å². The van der Waals surface area contributed by atoms with E-state index in [0.717, 1.165) is 0 Å². The molecule has 0 aliphatic rings. The number of rotatable bonds is 7. The number of aromatic amines is 1. The third-order valence-corrected chi connectivity index (χ3v) is 5.57. The number of thiazole rings is 1. The Labute approximate surface area is 176 Å². The molecule has 0 unspecified atom stereocenters. The van der Waals surface area contributed by atoms with Gasteiger partial charge in [0.2, 0.25) is 5.91 Å². The minimum Gasteiger partial charge on any atom is -0.364 e. The van der Waals surface area contributed by atoms with Gasteiger partial charge in [-0.1, -0.05) is 12.1 Å². The highest BCUT2D eigenvalue weighted by molar-refractivity contribution is 7.99. The van der Waals surface area contributed by atoms with Gasteiger partial charge in [0.15, 0.2) is 10.3 Å². The van der Waals surface area contributed by atoms with E-state index >= 15 is 0 Å². The summed E-state index contributed by atoms with van der Waals surface area (Å²) < 4.78 is 27.2. The molecular weight excluding hydrogens is 434 g/mol. The molecule has 3 heterocycles. The van der Waals surface area contributed by atoms with E-state index in [1.54, 1.807) is 41.9 Å². The Morgan fingerprint density at radius 3 is 2.83 bits per heavy atom. The number of nitrogens with zero attached hydrogens (tertiary/aromatic N) is 3. The molecule has 0 aliphatic carbocycles. The van der Waals surface area contributed by atoms with E-state index < -0.39 is 17.6 Å². The van der Waals surface area contributed by atoms with E-state index in [-0.39, 0.29) is 29.2 Å². The lowest BCUT2D eigenvalue weighted by atomic mass is 10.2. The van der Waals surface area contributed by atoms with E-state index in [0.29, 0.717) is 27.4 Å². The number of imidazole rings is 1. The number of nitrogens with two attached hydrogens (primary N) is 1. The molecule has 8 nitrogen and oxygen atoms in total. The van der Waals surface area contributed by atoms with Crippen LogP contribution in [0.2, 0.25) is 0 Å². The summed E-state index contributed by atoms with van der Waals surface area (Å²) in [6.07, 6.45) is 1.59. The predicted molar refractivity (Wildman–Crippen MR) is 111 cm³/mol. The molecule has 4 rings (SSSR count). The largest absolute Gasteiger partial charge is 0.364 e. The Bertz CT molecular complexity index is 1230. The van der Waals surface area contributed by atoms with Crippen LogP contribution in [-0.4, -0.2) is 37.1 Å². The van der Waals surface area contributed by atoms with E-state index in [1.807, 2.05) is 0 Å². The molecule has 0 atom stereocenters. The molecule has 2 amide bonds. The number of para-hydroxylation sites is 2. The van der Waals surface area contributed by atoms with Crippen molar-refractivity contribution in [2.45, 2.75) is 17.5 Å². The molecule has 0 aliphatic heterocycles. The van der Waals surface area contributed by atoms with Gasteiger partial charge in [0, 0.05) is 17.1 Å². The lowest BCUT2D eigenvalue weighted by molar-refractivity contribution is -0.116. The van der Waals surface area contributed by atoms with Crippen LogP contribution in [0.25, 0.3) is 22.3 Å². The van der Waals surface area contributed by atoms with E-state index in [1.165, 1.54) is 15.9 Å². The van der Waals surface area contributed by atoms with Gasteiger partial charge in [-0.2, -0.15) is 8.78 Å². The maximum absolute atomic E-state index is 12.9. The highest BCUT2D eigenvalue weighted by Gasteiger charge is 2.18. The molecule has 0 spiro atoms. The summed E-state index contributed by atoms with van der Waals surface area (Å²) in [5.74, 6) is -3.67. The highest BCUT2D eigenvalue weighted by Crippen LogP contribution is 2.29. The zero-order chi connectivity index (χ0) is 21.3. The molecule has 30 heavy (non-hydrogen) atoms. The van der Waals surface area contributed by atoms with Gasteiger partial charge in [-0.15, -0.1) is 11.3 Å². The Balaban J connectivity index is 1.51. The molecule has 154 valence electrons. The van der Waals surface area contributed by atoms with Crippen molar-refractivity contribution in [3.8, 4) is 11.3 Å². The number of carbonyl (C=O) groups excluding carboxylic acids is 2. The molecule has 12 heteroatoms. The van der Waals surface area contributed by atoms with Gasteiger partial charge in [-0.05, 0) is 30.0 Å². The van der Waals surface area contributed by atoms with Crippen molar-refractivity contribution in [3.63, 3.8) is 0 Å². The molecule has 0 fully saturated rings. The predicted octanol–water partition coefficient (Wildman–Crippen LogP) is 3.54. The molecule has 1 aromatic carbocycles. The van der Waals surface area contributed by atoms with Crippen molar-refractivity contribution in [2.24, 2.45) is 5.73 Å². The topological polar surface area (TPSA) is 119 Å². The number of anilines is 1. The normalized spacial score (nSPS) is 11.3. The fourth-order valence-corrected chi connectivity index (χ4v) is 4.16.